The van der Waals surface area contributed by atoms with E-state index in [1.165, 1.54) is 5.56 Å². The molecular formula is C18H16O3. The van der Waals surface area contributed by atoms with Crippen LogP contribution in [-0.2, 0) is 6.42 Å². The third-order valence-electron chi connectivity index (χ3n) is 3.38. The van der Waals surface area contributed by atoms with Crippen LogP contribution in [0.5, 0.6) is 5.75 Å². The average Bonchev–Trinajstić information content (AvgIpc) is 2.97. The van der Waals surface area contributed by atoms with Crippen LogP contribution in [0, 0.1) is 0 Å². The van der Waals surface area contributed by atoms with E-state index < -0.39 is 0 Å². The second-order valence-corrected chi connectivity index (χ2v) is 4.86. The zero-order valence-corrected chi connectivity index (χ0v) is 11.8. The van der Waals surface area contributed by atoms with E-state index in [2.05, 4.69) is 6.92 Å². The Balaban J connectivity index is 1.71. The SMILES string of the molecule is CCc1cccc(OCC(=O)c2cc3ccccc3o2)c1. The van der Waals surface area contributed by atoms with Gasteiger partial charge >= 0.3 is 0 Å². The summed E-state index contributed by atoms with van der Waals surface area (Å²) in [6, 6.07) is 17.1. The molecule has 3 rings (SSSR count). The lowest BCUT2D eigenvalue weighted by Gasteiger charge is -2.05. The summed E-state index contributed by atoms with van der Waals surface area (Å²) in [6.45, 7) is 2.06. The molecule has 1 aromatic heterocycles. The molecule has 3 heteroatoms. The van der Waals surface area contributed by atoms with Crippen molar-refractivity contribution in [2.45, 2.75) is 13.3 Å². The number of benzene rings is 2. The van der Waals surface area contributed by atoms with Gasteiger partial charge in [0.25, 0.3) is 0 Å². The minimum absolute atomic E-state index is 0.0208. The number of Topliss-reactive ketones (excluding diaryl/α,β-unsaturated/α-hetero) is 1. The first kappa shape index (κ1) is 13.4. The van der Waals surface area contributed by atoms with Gasteiger partial charge in [-0.1, -0.05) is 37.3 Å². The van der Waals surface area contributed by atoms with E-state index in [9.17, 15) is 4.79 Å². The van der Waals surface area contributed by atoms with E-state index in [4.69, 9.17) is 9.15 Å². The van der Waals surface area contributed by atoms with Gasteiger partial charge in [-0.15, -0.1) is 0 Å². The lowest BCUT2D eigenvalue weighted by atomic mass is 10.2. The Bertz CT molecular complexity index is 738. The number of carbonyl (C=O) groups is 1. The molecule has 106 valence electrons. The second kappa shape index (κ2) is 5.83. The number of carbonyl (C=O) groups excluding carboxylic acids is 1. The number of rotatable bonds is 5. The van der Waals surface area contributed by atoms with E-state index in [-0.39, 0.29) is 12.4 Å². The van der Waals surface area contributed by atoms with Crippen molar-refractivity contribution in [1.29, 1.82) is 0 Å². The molecule has 3 nitrogen and oxygen atoms in total. The molecule has 0 aliphatic rings. The number of para-hydroxylation sites is 1. The number of furan rings is 1. The van der Waals surface area contributed by atoms with Crippen LogP contribution in [0.25, 0.3) is 11.0 Å². The monoisotopic (exact) mass is 280 g/mol. The van der Waals surface area contributed by atoms with Crippen molar-refractivity contribution in [2.75, 3.05) is 6.61 Å². The molecule has 21 heavy (non-hydrogen) atoms. The number of aryl methyl sites for hydroxylation is 1. The quantitative estimate of drug-likeness (QED) is 0.656. The van der Waals surface area contributed by atoms with E-state index in [1.54, 1.807) is 6.07 Å². The van der Waals surface area contributed by atoms with Gasteiger partial charge < -0.3 is 9.15 Å². The summed E-state index contributed by atoms with van der Waals surface area (Å²) in [6.07, 6.45) is 0.939. The first-order valence-corrected chi connectivity index (χ1v) is 7.00. The minimum Gasteiger partial charge on any atom is -0.485 e. The van der Waals surface area contributed by atoms with Gasteiger partial charge in [0.1, 0.15) is 11.3 Å². The Kier molecular flexibility index (Phi) is 3.73. The summed E-state index contributed by atoms with van der Waals surface area (Å²) < 4.78 is 11.1. The maximum Gasteiger partial charge on any atom is 0.235 e. The Morgan fingerprint density at radius 1 is 1.10 bits per heavy atom. The third-order valence-corrected chi connectivity index (χ3v) is 3.38. The summed E-state index contributed by atoms with van der Waals surface area (Å²) in [5.74, 6) is 0.884. The third kappa shape index (κ3) is 2.97. The van der Waals surface area contributed by atoms with Crippen molar-refractivity contribution in [3.05, 3.63) is 65.9 Å². The molecule has 0 unspecified atom stereocenters. The maximum absolute atomic E-state index is 12.1. The minimum atomic E-state index is -0.159. The number of hydrogen-bond acceptors (Lipinski definition) is 3. The number of ether oxygens (including phenoxy) is 1. The second-order valence-electron chi connectivity index (χ2n) is 4.86. The van der Waals surface area contributed by atoms with Crippen molar-refractivity contribution in [3.8, 4) is 5.75 Å². The highest BCUT2D eigenvalue weighted by atomic mass is 16.5. The number of ketones is 1. The summed E-state index contributed by atoms with van der Waals surface area (Å²) in [5, 5.41) is 0.925. The predicted molar refractivity (Wildman–Crippen MR) is 81.9 cm³/mol. The molecule has 0 N–H and O–H groups in total. The van der Waals surface area contributed by atoms with Crippen LogP contribution in [0.1, 0.15) is 23.0 Å². The fourth-order valence-corrected chi connectivity index (χ4v) is 2.19. The molecule has 2 aromatic carbocycles. The van der Waals surface area contributed by atoms with Crippen LogP contribution in [0.15, 0.2) is 59.0 Å². The highest BCUT2D eigenvalue weighted by Crippen LogP contribution is 2.20. The molecule has 0 atom stereocenters. The van der Waals surface area contributed by atoms with E-state index in [0.717, 1.165) is 11.8 Å². The van der Waals surface area contributed by atoms with E-state index >= 15 is 0 Å². The van der Waals surface area contributed by atoms with Crippen molar-refractivity contribution < 1.29 is 13.9 Å². The van der Waals surface area contributed by atoms with Crippen molar-refractivity contribution in [2.24, 2.45) is 0 Å². The van der Waals surface area contributed by atoms with Crippen LogP contribution in [-0.4, -0.2) is 12.4 Å². The lowest BCUT2D eigenvalue weighted by molar-refractivity contribution is 0.0896. The summed E-state index contributed by atoms with van der Waals surface area (Å²) in [7, 11) is 0. The molecule has 0 spiro atoms. The summed E-state index contributed by atoms with van der Waals surface area (Å²) >= 11 is 0. The van der Waals surface area contributed by atoms with E-state index in [1.807, 2.05) is 48.5 Å². The molecule has 1 heterocycles. The fraction of sp³-hybridized carbons (Fsp3) is 0.167. The molecule has 0 aliphatic carbocycles. The van der Waals surface area contributed by atoms with Gasteiger partial charge in [-0.2, -0.15) is 0 Å². The van der Waals surface area contributed by atoms with Crippen LogP contribution in [0.4, 0.5) is 0 Å². The zero-order valence-electron chi connectivity index (χ0n) is 11.8. The maximum atomic E-state index is 12.1. The van der Waals surface area contributed by atoms with Gasteiger partial charge in [0.15, 0.2) is 12.4 Å². The summed E-state index contributed by atoms with van der Waals surface area (Å²) in [4.78, 5) is 12.1. The molecule has 0 amide bonds. The normalized spacial score (nSPS) is 10.7. The van der Waals surface area contributed by atoms with Crippen molar-refractivity contribution in [3.63, 3.8) is 0 Å². The Hall–Kier alpha value is -2.55. The highest BCUT2D eigenvalue weighted by molar-refractivity contribution is 5.98. The van der Waals surface area contributed by atoms with Gasteiger partial charge in [0.05, 0.1) is 0 Å². The molecule has 0 fully saturated rings. The van der Waals surface area contributed by atoms with Gasteiger partial charge in [0.2, 0.25) is 5.78 Å². The molecule has 0 aliphatic heterocycles. The first-order valence-electron chi connectivity index (χ1n) is 7.00. The topological polar surface area (TPSA) is 39.4 Å². The van der Waals surface area contributed by atoms with Gasteiger partial charge in [-0.3, -0.25) is 4.79 Å². The molecule has 3 aromatic rings. The molecular weight excluding hydrogens is 264 g/mol. The van der Waals surface area contributed by atoms with Crippen LogP contribution in [0.2, 0.25) is 0 Å². The Morgan fingerprint density at radius 3 is 2.76 bits per heavy atom. The van der Waals surface area contributed by atoms with Crippen LogP contribution >= 0.6 is 0 Å². The van der Waals surface area contributed by atoms with Gasteiger partial charge in [0, 0.05) is 5.39 Å². The van der Waals surface area contributed by atoms with Gasteiger partial charge in [-0.05, 0) is 36.2 Å². The van der Waals surface area contributed by atoms with Crippen LogP contribution in [0.3, 0.4) is 0 Å². The largest absolute Gasteiger partial charge is 0.485 e. The van der Waals surface area contributed by atoms with Crippen molar-refractivity contribution >= 4 is 16.8 Å². The number of hydrogen-bond donors (Lipinski definition) is 0. The zero-order chi connectivity index (χ0) is 14.7. The first-order chi connectivity index (χ1) is 10.3. The molecule has 0 radical (unpaired) electrons. The predicted octanol–water partition coefficient (Wildman–Crippen LogP) is 4.26. The Morgan fingerprint density at radius 2 is 1.95 bits per heavy atom. The molecule has 0 saturated carbocycles. The highest BCUT2D eigenvalue weighted by Gasteiger charge is 2.12. The fourth-order valence-electron chi connectivity index (χ4n) is 2.19. The smallest absolute Gasteiger partial charge is 0.235 e. The van der Waals surface area contributed by atoms with E-state index in [0.29, 0.717) is 17.1 Å². The molecule has 0 saturated heterocycles. The van der Waals surface area contributed by atoms with Crippen molar-refractivity contribution in [1.82, 2.24) is 0 Å². The van der Waals surface area contributed by atoms with Crippen LogP contribution < -0.4 is 4.74 Å². The number of fused-ring (bicyclic) bond motifs is 1. The van der Waals surface area contributed by atoms with Gasteiger partial charge in [-0.25, -0.2) is 0 Å². The summed E-state index contributed by atoms with van der Waals surface area (Å²) in [5.41, 5.74) is 1.90. The lowest BCUT2D eigenvalue weighted by Crippen LogP contribution is -2.10. The average molecular weight is 280 g/mol. The Labute approximate surface area is 123 Å². The molecule has 0 bridgehead atoms. The standard InChI is InChI=1S/C18H16O3/c1-2-13-6-5-8-15(10-13)20-12-16(19)18-11-14-7-3-4-9-17(14)21-18/h3-11H,2,12H2,1H3.